The maximum atomic E-state index is 5.46. The van der Waals surface area contributed by atoms with Gasteiger partial charge in [0.1, 0.15) is 0 Å². The van der Waals surface area contributed by atoms with Crippen LogP contribution in [0.15, 0.2) is 206 Å². The Balaban J connectivity index is 1.05. The second-order valence-electron chi connectivity index (χ2n) is 15.3. The predicted molar refractivity (Wildman–Crippen MR) is 261 cm³/mol. The van der Waals surface area contributed by atoms with Crippen molar-refractivity contribution in [3.8, 4) is 78.7 Å². The van der Waals surface area contributed by atoms with Gasteiger partial charge in [0.2, 0.25) is 0 Å². The van der Waals surface area contributed by atoms with Crippen molar-refractivity contribution < 1.29 is 0 Å². The van der Waals surface area contributed by atoms with E-state index in [0.717, 1.165) is 87.1 Å². The summed E-state index contributed by atoms with van der Waals surface area (Å²) < 4.78 is 4.50. The molecule has 4 heterocycles. The van der Waals surface area contributed by atoms with Crippen molar-refractivity contribution in [2.75, 3.05) is 0 Å². The molecular weight excluding hydrogens is 793 g/mol. The minimum absolute atomic E-state index is 0.699. The van der Waals surface area contributed by atoms with Crippen LogP contribution in [-0.4, -0.2) is 19.9 Å². The molecule has 6 heteroatoms. The van der Waals surface area contributed by atoms with E-state index >= 15 is 0 Å². The Morgan fingerprint density at radius 1 is 0.258 bits per heavy atom. The zero-order valence-corrected chi connectivity index (χ0v) is 34.9. The van der Waals surface area contributed by atoms with E-state index in [0.29, 0.717) is 11.6 Å². The van der Waals surface area contributed by atoms with Crippen molar-refractivity contribution in [2.45, 2.75) is 0 Å². The van der Waals surface area contributed by atoms with Gasteiger partial charge in [0, 0.05) is 42.4 Å². The highest BCUT2D eigenvalue weighted by Crippen LogP contribution is 2.46. The van der Waals surface area contributed by atoms with E-state index in [-0.39, 0.29) is 0 Å². The standard InChI is InChI=1S/C56H34N4S2/c1-3-15-35(16-4-1)37-27-31-39(32-28-37)55-57-49(53-51(59-55)45-23-11-13-25-47(45)61-53)43-21-9-7-19-41(43)42-20-8-10-22-44(42)50-54-52(46-24-12-14-26-48(46)62-54)60-56(58-50)40-33-29-38(30-34-40)36-17-5-2-6-18-36/h1-34H. The first-order valence-corrected chi connectivity index (χ1v) is 22.3. The summed E-state index contributed by atoms with van der Waals surface area (Å²) >= 11 is 3.50. The van der Waals surface area contributed by atoms with Crippen molar-refractivity contribution in [2.24, 2.45) is 0 Å². The molecule has 0 radical (unpaired) electrons. The third-order valence-corrected chi connectivity index (χ3v) is 13.9. The van der Waals surface area contributed by atoms with E-state index in [4.69, 9.17) is 19.9 Å². The highest BCUT2D eigenvalue weighted by atomic mass is 32.1. The van der Waals surface area contributed by atoms with Gasteiger partial charge in [-0.25, -0.2) is 19.9 Å². The second-order valence-corrected chi connectivity index (χ2v) is 17.4. The van der Waals surface area contributed by atoms with Crippen molar-refractivity contribution in [1.82, 2.24) is 19.9 Å². The van der Waals surface area contributed by atoms with E-state index in [2.05, 4.69) is 194 Å². The van der Waals surface area contributed by atoms with Gasteiger partial charge in [-0.3, -0.25) is 0 Å². The summed E-state index contributed by atoms with van der Waals surface area (Å²) in [5.41, 5.74) is 14.6. The molecule has 0 bridgehead atoms. The quantitative estimate of drug-likeness (QED) is 0.161. The highest BCUT2D eigenvalue weighted by molar-refractivity contribution is 7.26. The highest BCUT2D eigenvalue weighted by Gasteiger charge is 2.23. The topological polar surface area (TPSA) is 51.6 Å². The van der Waals surface area contributed by atoms with E-state index in [1.807, 2.05) is 12.1 Å². The summed E-state index contributed by atoms with van der Waals surface area (Å²) in [7, 11) is 0. The van der Waals surface area contributed by atoms with Crippen LogP contribution >= 0.6 is 22.7 Å². The molecule has 0 saturated carbocycles. The molecule has 12 rings (SSSR count). The van der Waals surface area contributed by atoms with Crippen molar-refractivity contribution in [3.63, 3.8) is 0 Å². The molecule has 0 spiro atoms. The third-order valence-electron chi connectivity index (χ3n) is 11.6. The monoisotopic (exact) mass is 826 g/mol. The van der Waals surface area contributed by atoms with E-state index in [9.17, 15) is 0 Å². The van der Waals surface area contributed by atoms with Gasteiger partial charge in [-0.05, 0) is 45.5 Å². The fraction of sp³-hybridized carbons (Fsp3) is 0. The molecule has 290 valence electrons. The Kier molecular flexibility index (Phi) is 8.84. The predicted octanol–water partition coefficient (Wildman–Crippen LogP) is 15.7. The largest absolute Gasteiger partial charge is 0.226 e. The van der Waals surface area contributed by atoms with Gasteiger partial charge in [-0.15, -0.1) is 22.7 Å². The lowest BCUT2D eigenvalue weighted by atomic mass is 9.92. The fourth-order valence-electron chi connectivity index (χ4n) is 8.54. The average molecular weight is 827 g/mol. The van der Waals surface area contributed by atoms with Crippen LogP contribution in [0, 0.1) is 0 Å². The summed E-state index contributed by atoms with van der Waals surface area (Å²) in [6.45, 7) is 0. The van der Waals surface area contributed by atoms with Gasteiger partial charge >= 0.3 is 0 Å². The van der Waals surface area contributed by atoms with Crippen molar-refractivity contribution in [3.05, 3.63) is 206 Å². The number of hydrogen-bond acceptors (Lipinski definition) is 6. The smallest absolute Gasteiger partial charge is 0.160 e. The summed E-state index contributed by atoms with van der Waals surface area (Å²) in [4.78, 5) is 21.5. The van der Waals surface area contributed by atoms with Crippen LogP contribution in [-0.2, 0) is 0 Å². The summed E-state index contributed by atoms with van der Waals surface area (Å²) in [5, 5.41) is 2.27. The van der Waals surface area contributed by atoms with Gasteiger partial charge in [-0.1, -0.05) is 194 Å². The molecule has 0 aliphatic rings. The van der Waals surface area contributed by atoms with Crippen LogP contribution in [0.4, 0.5) is 0 Å². The molecule has 4 nitrogen and oxygen atoms in total. The van der Waals surface area contributed by atoms with E-state index < -0.39 is 0 Å². The van der Waals surface area contributed by atoms with Crippen LogP contribution in [0.25, 0.3) is 119 Å². The summed E-state index contributed by atoms with van der Waals surface area (Å²) in [5.74, 6) is 1.40. The molecule has 0 N–H and O–H groups in total. The number of aromatic nitrogens is 4. The number of hydrogen-bond donors (Lipinski definition) is 0. The van der Waals surface area contributed by atoms with Crippen LogP contribution in [0.5, 0.6) is 0 Å². The average Bonchev–Trinajstić information content (AvgIpc) is 3.93. The van der Waals surface area contributed by atoms with Crippen LogP contribution in [0.3, 0.4) is 0 Å². The second kappa shape index (κ2) is 15.1. The van der Waals surface area contributed by atoms with Gasteiger partial charge in [0.25, 0.3) is 0 Å². The Bertz CT molecular complexity index is 3370. The first-order valence-electron chi connectivity index (χ1n) is 20.6. The normalized spacial score (nSPS) is 11.5. The maximum absolute atomic E-state index is 5.46. The molecule has 0 fully saturated rings. The third kappa shape index (κ3) is 6.28. The van der Waals surface area contributed by atoms with Gasteiger partial charge in [-0.2, -0.15) is 0 Å². The number of rotatable bonds is 7. The maximum Gasteiger partial charge on any atom is 0.160 e. The number of benzene rings is 8. The molecule has 62 heavy (non-hydrogen) atoms. The number of nitrogens with zero attached hydrogens (tertiary/aromatic N) is 4. The molecule has 0 amide bonds. The molecule has 0 saturated heterocycles. The van der Waals surface area contributed by atoms with Crippen LogP contribution in [0.2, 0.25) is 0 Å². The van der Waals surface area contributed by atoms with Crippen LogP contribution < -0.4 is 0 Å². The van der Waals surface area contributed by atoms with Gasteiger partial charge in [0.15, 0.2) is 11.6 Å². The van der Waals surface area contributed by atoms with Crippen molar-refractivity contribution >= 4 is 63.3 Å². The van der Waals surface area contributed by atoms with E-state index in [1.165, 1.54) is 20.5 Å². The summed E-state index contributed by atoms with van der Waals surface area (Å²) in [6, 6.07) is 72.6. The number of fused-ring (bicyclic) bond motifs is 6. The zero-order valence-electron chi connectivity index (χ0n) is 33.2. The molecule has 0 aliphatic heterocycles. The van der Waals surface area contributed by atoms with Crippen LogP contribution in [0.1, 0.15) is 0 Å². The minimum Gasteiger partial charge on any atom is -0.226 e. The Morgan fingerprint density at radius 3 is 1.00 bits per heavy atom. The lowest BCUT2D eigenvalue weighted by Crippen LogP contribution is -1.97. The lowest BCUT2D eigenvalue weighted by Gasteiger charge is -2.16. The molecule has 0 atom stereocenters. The molecule has 0 aliphatic carbocycles. The number of thiophene rings is 2. The van der Waals surface area contributed by atoms with Crippen molar-refractivity contribution in [1.29, 1.82) is 0 Å². The molecule has 12 aromatic rings. The minimum atomic E-state index is 0.699. The first-order chi connectivity index (χ1) is 30.7. The van der Waals surface area contributed by atoms with E-state index in [1.54, 1.807) is 22.7 Å². The first kappa shape index (κ1) is 36.2. The molecule has 0 unspecified atom stereocenters. The molecular formula is C56H34N4S2. The Labute approximate surface area is 366 Å². The zero-order chi connectivity index (χ0) is 41.0. The SMILES string of the molecule is c1ccc(-c2ccc(-c3nc(-c4ccccc4-c4ccccc4-c4nc(-c5ccc(-c6ccccc6)cc5)nc5c4sc4ccccc45)c4sc5ccccc5c4n3)cc2)cc1. The van der Waals surface area contributed by atoms with Gasteiger partial charge < -0.3 is 0 Å². The van der Waals surface area contributed by atoms with Gasteiger partial charge in [0.05, 0.1) is 31.8 Å². The molecule has 4 aromatic heterocycles. The lowest BCUT2D eigenvalue weighted by molar-refractivity contribution is 1.24. The Morgan fingerprint density at radius 2 is 0.581 bits per heavy atom. The Hall–Kier alpha value is -7.64. The summed E-state index contributed by atoms with van der Waals surface area (Å²) in [6.07, 6.45) is 0. The fourth-order valence-corrected chi connectivity index (χ4v) is 10.8. The molecule has 8 aromatic carbocycles.